The van der Waals surface area contributed by atoms with Crippen LogP contribution in [0, 0.1) is 11.3 Å². The van der Waals surface area contributed by atoms with E-state index in [2.05, 4.69) is 18.4 Å². The van der Waals surface area contributed by atoms with Gasteiger partial charge in [0.1, 0.15) is 0 Å². The van der Waals surface area contributed by atoms with Gasteiger partial charge in [0.25, 0.3) is 0 Å². The number of nitrogens with zero attached hydrogens (tertiary/aromatic N) is 1. The maximum Gasteiger partial charge on any atom is 0.324 e. The number of hydrogen-bond donors (Lipinski definition) is 1. The van der Waals surface area contributed by atoms with Gasteiger partial charge >= 0.3 is 6.72 Å². The molecule has 1 atom stereocenters. The standard InChI is InChI=1S/C6H10NO3PS/c1-2-5-9-11(8,12)10-6-3-4-7/h2H,1,3,5-6H2,(H,8,12). The second kappa shape index (κ2) is 6.30. The predicted molar refractivity (Wildman–Crippen MR) is 48.8 cm³/mol. The van der Waals surface area contributed by atoms with Gasteiger partial charge in [-0.15, -0.1) is 6.58 Å². The van der Waals surface area contributed by atoms with Crippen molar-refractivity contribution in [1.82, 2.24) is 0 Å². The highest BCUT2D eigenvalue weighted by molar-refractivity contribution is 8.07. The van der Waals surface area contributed by atoms with E-state index in [9.17, 15) is 4.89 Å². The third-order valence-electron chi connectivity index (χ3n) is 0.824. The molecule has 0 aromatic heterocycles. The molecule has 0 bridgehead atoms. The normalized spacial score (nSPS) is 14.7. The molecule has 68 valence electrons. The summed E-state index contributed by atoms with van der Waals surface area (Å²) >= 11 is 4.59. The first-order valence-electron chi connectivity index (χ1n) is 3.22. The van der Waals surface area contributed by atoms with Crippen LogP contribution in [-0.4, -0.2) is 18.1 Å². The Labute approximate surface area is 76.7 Å². The summed E-state index contributed by atoms with van der Waals surface area (Å²) in [4.78, 5) is 9.20. The minimum Gasteiger partial charge on any atom is -0.324 e. The molecule has 6 heteroatoms. The summed E-state index contributed by atoms with van der Waals surface area (Å²) in [5.41, 5.74) is 0. The number of hydrogen-bond acceptors (Lipinski definition) is 4. The smallest absolute Gasteiger partial charge is 0.324 e. The molecule has 0 saturated heterocycles. The Balaban J connectivity index is 3.65. The quantitative estimate of drug-likeness (QED) is 0.404. The van der Waals surface area contributed by atoms with Crippen LogP contribution in [-0.2, 0) is 20.9 Å². The predicted octanol–water partition coefficient (Wildman–Crippen LogP) is 1.34. The molecule has 0 radical (unpaired) electrons. The van der Waals surface area contributed by atoms with Crippen molar-refractivity contribution in [2.24, 2.45) is 0 Å². The van der Waals surface area contributed by atoms with Gasteiger partial charge in [0.2, 0.25) is 0 Å². The van der Waals surface area contributed by atoms with Crippen LogP contribution in [0.1, 0.15) is 6.42 Å². The van der Waals surface area contributed by atoms with Gasteiger partial charge in [0.05, 0.1) is 25.7 Å². The first kappa shape index (κ1) is 11.8. The van der Waals surface area contributed by atoms with Gasteiger partial charge in [-0.1, -0.05) is 6.08 Å². The van der Waals surface area contributed by atoms with Crippen LogP contribution in [0.5, 0.6) is 0 Å². The molecular weight excluding hydrogens is 197 g/mol. The fraction of sp³-hybridized carbons (Fsp3) is 0.500. The molecule has 0 aliphatic rings. The lowest BCUT2D eigenvalue weighted by atomic mass is 10.5. The van der Waals surface area contributed by atoms with Crippen molar-refractivity contribution in [3.05, 3.63) is 12.7 Å². The maximum absolute atomic E-state index is 9.20. The summed E-state index contributed by atoms with van der Waals surface area (Å²) in [6.07, 6.45) is 1.65. The van der Waals surface area contributed by atoms with Gasteiger partial charge in [-0.2, -0.15) is 5.26 Å². The van der Waals surface area contributed by atoms with Crippen molar-refractivity contribution in [1.29, 1.82) is 5.26 Å². The second-order valence-corrected chi connectivity index (χ2v) is 4.63. The van der Waals surface area contributed by atoms with Crippen molar-refractivity contribution < 1.29 is 13.9 Å². The lowest BCUT2D eigenvalue weighted by Gasteiger charge is -2.12. The van der Waals surface area contributed by atoms with Crippen molar-refractivity contribution >= 4 is 18.5 Å². The molecule has 12 heavy (non-hydrogen) atoms. The van der Waals surface area contributed by atoms with Gasteiger partial charge in [0.15, 0.2) is 0 Å². The van der Waals surface area contributed by atoms with Gasteiger partial charge in [0, 0.05) is 0 Å². The van der Waals surface area contributed by atoms with E-state index >= 15 is 0 Å². The molecule has 4 nitrogen and oxygen atoms in total. The summed E-state index contributed by atoms with van der Waals surface area (Å²) < 4.78 is 9.52. The Kier molecular flexibility index (Phi) is 6.17. The lowest BCUT2D eigenvalue weighted by molar-refractivity contribution is 0.215. The fourth-order valence-corrected chi connectivity index (χ4v) is 1.49. The largest absolute Gasteiger partial charge is 0.324 e. The minimum atomic E-state index is -3.13. The average molecular weight is 207 g/mol. The molecule has 0 aliphatic heterocycles. The monoisotopic (exact) mass is 207 g/mol. The molecule has 0 amide bonds. The minimum absolute atomic E-state index is 0.0986. The van der Waals surface area contributed by atoms with Crippen LogP contribution in [0.3, 0.4) is 0 Å². The van der Waals surface area contributed by atoms with Crippen molar-refractivity contribution in [2.75, 3.05) is 13.2 Å². The zero-order chi connectivity index (χ0) is 9.45. The van der Waals surface area contributed by atoms with E-state index in [1.165, 1.54) is 6.08 Å². The molecular formula is C6H10NO3PS. The average Bonchev–Trinajstić information content (AvgIpc) is 2.01. The van der Waals surface area contributed by atoms with Crippen LogP contribution in [0.25, 0.3) is 0 Å². The van der Waals surface area contributed by atoms with Gasteiger partial charge in [-0.05, 0) is 11.8 Å². The Hall–Kier alpha value is -0.240. The van der Waals surface area contributed by atoms with Crippen LogP contribution in [0.4, 0.5) is 0 Å². The summed E-state index contributed by atoms with van der Waals surface area (Å²) in [5.74, 6) is 0. The maximum atomic E-state index is 9.20. The highest BCUT2D eigenvalue weighted by Gasteiger charge is 2.12. The van der Waals surface area contributed by atoms with E-state index in [1.54, 1.807) is 0 Å². The summed E-state index contributed by atoms with van der Waals surface area (Å²) in [7, 11) is 0. The number of rotatable bonds is 6. The van der Waals surface area contributed by atoms with E-state index in [-0.39, 0.29) is 19.6 Å². The lowest BCUT2D eigenvalue weighted by Crippen LogP contribution is -1.95. The van der Waals surface area contributed by atoms with Crippen LogP contribution in [0.2, 0.25) is 0 Å². The first-order valence-corrected chi connectivity index (χ1v) is 5.81. The van der Waals surface area contributed by atoms with Gasteiger partial charge < -0.3 is 13.9 Å². The SMILES string of the molecule is C=CCOP(O)(=S)OCCC#N. The van der Waals surface area contributed by atoms with Crippen LogP contribution >= 0.6 is 6.72 Å². The molecule has 0 saturated carbocycles. The Morgan fingerprint density at radius 3 is 2.83 bits per heavy atom. The van der Waals surface area contributed by atoms with Gasteiger partial charge in [-0.3, -0.25) is 0 Å². The van der Waals surface area contributed by atoms with Crippen molar-refractivity contribution in [2.45, 2.75) is 6.42 Å². The van der Waals surface area contributed by atoms with Crippen LogP contribution in [0.15, 0.2) is 12.7 Å². The third kappa shape index (κ3) is 6.47. The molecule has 0 aliphatic carbocycles. The van der Waals surface area contributed by atoms with Gasteiger partial charge in [-0.25, -0.2) is 0 Å². The second-order valence-electron chi connectivity index (χ2n) is 1.79. The highest BCUT2D eigenvalue weighted by atomic mass is 32.5. The molecule has 0 rings (SSSR count). The van der Waals surface area contributed by atoms with E-state index < -0.39 is 6.72 Å². The Morgan fingerprint density at radius 2 is 2.33 bits per heavy atom. The Bertz CT molecular complexity index is 225. The van der Waals surface area contributed by atoms with E-state index in [1.807, 2.05) is 6.07 Å². The first-order chi connectivity index (χ1) is 5.62. The van der Waals surface area contributed by atoms with Crippen molar-refractivity contribution in [3.63, 3.8) is 0 Å². The molecule has 0 spiro atoms. The van der Waals surface area contributed by atoms with E-state index in [0.717, 1.165) is 0 Å². The molecule has 1 N–H and O–H groups in total. The zero-order valence-electron chi connectivity index (χ0n) is 6.47. The Morgan fingerprint density at radius 1 is 1.67 bits per heavy atom. The van der Waals surface area contributed by atoms with E-state index in [4.69, 9.17) is 14.3 Å². The zero-order valence-corrected chi connectivity index (χ0v) is 8.18. The summed E-state index contributed by atoms with van der Waals surface area (Å²) in [6.45, 7) is 0.512. The molecule has 0 aromatic rings. The van der Waals surface area contributed by atoms with Crippen molar-refractivity contribution in [3.8, 4) is 6.07 Å². The summed E-state index contributed by atoms with van der Waals surface area (Å²) in [6, 6.07) is 1.86. The van der Waals surface area contributed by atoms with Crippen LogP contribution < -0.4 is 0 Å². The molecule has 1 unspecified atom stereocenters. The highest BCUT2D eigenvalue weighted by Crippen LogP contribution is 2.43. The number of nitriles is 1. The third-order valence-corrected chi connectivity index (χ3v) is 2.44. The topological polar surface area (TPSA) is 62.5 Å². The van der Waals surface area contributed by atoms with E-state index in [0.29, 0.717) is 0 Å². The fourth-order valence-electron chi connectivity index (χ4n) is 0.391. The molecule has 0 heterocycles. The summed E-state index contributed by atoms with van der Waals surface area (Å²) in [5, 5.41) is 8.15. The molecule has 0 fully saturated rings. The molecule has 0 aromatic carbocycles.